The Balaban J connectivity index is 1.28. The molecule has 0 saturated carbocycles. The normalized spacial score (nSPS) is 17.7. The maximum atomic E-state index is 13.4. The third-order valence-corrected chi connectivity index (χ3v) is 7.90. The van der Waals surface area contributed by atoms with Gasteiger partial charge in [-0.3, -0.25) is 14.1 Å². The molecular weight excluding hydrogens is 568 g/mol. The second-order valence-corrected chi connectivity index (χ2v) is 12.5. The highest BCUT2D eigenvalue weighted by atomic mass is 35.5. The molecule has 1 aliphatic rings. The third-order valence-electron chi connectivity index (χ3n) is 7.68. The fraction of sp³-hybridized carbons (Fsp3) is 0.406. The fourth-order valence-corrected chi connectivity index (χ4v) is 5.68. The van der Waals surface area contributed by atoms with Crippen molar-refractivity contribution in [2.24, 2.45) is 0 Å². The first kappa shape index (κ1) is 30.4. The number of aromatic nitrogens is 4. The quantitative estimate of drug-likeness (QED) is 0.281. The number of pyridine rings is 2. The molecule has 0 spiro atoms. The van der Waals surface area contributed by atoms with Gasteiger partial charge in [0.25, 0.3) is 5.91 Å². The molecule has 10 nitrogen and oxygen atoms in total. The Bertz CT molecular complexity index is 1600. The molecule has 43 heavy (non-hydrogen) atoms. The molecule has 0 aliphatic carbocycles. The highest BCUT2D eigenvalue weighted by molar-refractivity contribution is 6.29. The summed E-state index contributed by atoms with van der Waals surface area (Å²) in [6, 6.07) is 14.0. The number of hydrogen-bond acceptors (Lipinski definition) is 7. The van der Waals surface area contributed by atoms with Crippen LogP contribution in [0.15, 0.2) is 60.9 Å². The zero-order chi connectivity index (χ0) is 30.9. The van der Waals surface area contributed by atoms with Crippen molar-refractivity contribution in [1.29, 1.82) is 0 Å². The van der Waals surface area contributed by atoms with E-state index in [9.17, 15) is 14.7 Å². The summed E-state index contributed by atoms with van der Waals surface area (Å²) in [6.45, 7) is 7.80. The van der Waals surface area contributed by atoms with E-state index in [2.05, 4.69) is 15.2 Å². The molecule has 1 aromatic carbocycles. The van der Waals surface area contributed by atoms with Gasteiger partial charge < -0.3 is 14.7 Å². The topological polar surface area (TPSA) is 113 Å². The lowest BCUT2D eigenvalue weighted by Crippen LogP contribution is -2.47. The van der Waals surface area contributed by atoms with Crippen LogP contribution in [0.2, 0.25) is 5.15 Å². The average molecular weight is 605 g/mol. The first-order chi connectivity index (χ1) is 20.4. The van der Waals surface area contributed by atoms with Gasteiger partial charge in [0, 0.05) is 43.2 Å². The van der Waals surface area contributed by atoms with Crippen molar-refractivity contribution < 1.29 is 19.4 Å². The Hall–Kier alpha value is -4.02. The molecular formula is C32H37ClN6O4. The largest absolute Gasteiger partial charge is 0.444 e. The van der Waals surface area contributed by atoms with Gasteiger partial charge in [0.15, 0.2) is 5.65 Å². The highest BCUT2D eigenvalue weighted by Gasteiger charge is 2.43. The molecule has 4 heterocycles. The van der Waals surface area contributed by atoms with Crippen molar-refractivity contribution >= 4 is 29.2 Å². The van der Waals surface area contributed by atoms with E-state index in [1.54, 1.807) is 29.0 Å². The smallest absolute Gasteiger partial charge is 0.410 e. The maximum Gasteiger partial charge on any atom is 0.410 e. The molecule has 1 aliphatic heterocycles. The number of carbonyl (C=O) groups is 2. The minimum absolute atomic E-state index is 0.0943. The number of aliphatic hydroxyl groups excluding tert-OH is 1. The monoisotopic (exact) mass is 604 g/mol. The van der Waals surface area contributed by atoms with Gasteiger partial charge >= 0.3 is 6.09 Å². The van der Waals surface area contributed by atoms with Crippen LogP contribution >= 0.6 is 11.6 Å². The Morgan fingerprint density at radius 1 is 1.07 bits per heavy atom. The van der Waals surface area contributed by atoms with Crippen molar-refractivity contribution in [2.75, 3.05) is 7.05 Å². The zero-order valence-electron chi connectivity index (χ0n) is 25.1. The van der Waals surface area contributed by atoms with Crippen molar-refractivity contribution in [2.45, 2.75) is 77.3 Å². The number of aryl methyl sites for hydroxylation is 1. The number of halogens is 1. The van der Waals surface area contributed by atoms with E-state index >= 15 is 0 Å². The summed E-state index contributed by atoms with van der Waals surface area (Å²) < 4.78 is 7.66. The predicted octanol–water partition coefficient (Wildman–Crippen LogP) is 5.40. The molecule has 0 unspecified atom stereocenters. The minimum Gasteiger partial charge on any atom is -0.444 e. The van der Waals surface area contributed by atoms with Gasteiger partial charge in [0.05, 0.1) is 6.04 Å². The summed E-state index contributed by atoms with van der Waals surface area (Å²) in [6.07, 6.45) is 3.95. The van der Waals surface area contributed by atoms with Gasteiger partial charge in [-0.2, -0.15) is 0 Å². The van der Waals surface area contributed by atoms with Crippen LogP contribution in [0.4, 0.5) is 4.79 Å². The molecule has 0 bridgehead atoms. The van der Waals surface area contributed by atoms with Crippen molar-refractivity contribution in [3.05, 3.63) is 94.2 Å². The summed E-state index contributed by atoms with van der Waals surface area (Å²) in [7, 11) is 1.78. The van der Waals surface area contributed by atoms with Crippen molar-refractivity contribution in [3.8, 4) is 0 Å². The molecule has 11 heteroatoms. The van der Waals surface area contributed by atoms with Gasteiger partial charge in [-0.05, 0) is 82.3 Å². The van der Waals surface area contributed by atoms with Crippen LogP contribution in [0.25, 0.3) is 5.65 Å². The fourth-order valence-electron chi connectivity index (χ4n) is 5.57. The molecule has 1 N–H and O–H groups in total. The van der Waals surface area contributed by atoms with E-state index in [1.807, 2.05) is 74.7 Å². The third kappa shape index (κ3) is 6.97. The van der Waals surface area contributed by atoms with Crippen LogP contribution in [0.3, 0.4) is 0 Å². The van der Waals surface area contributed by atoms with Crippen LogP contribution < -0.4 is 0 Å². The molecule has 3 atom stereocenters. The lowest BCUT2D eigenvalue weighted by molar-refractivity contribution is -0.00459. The molecule has 3 aromatic heterocycles. The molecule has 226 valence electrons. The first-order valence-corrected chi connectivity index (χ1v) is 14.7. The molecule has 5 rings (SSSR count). The Labute approximate surface area is 256 Å². The van der Waals surface area contributed by atoms with Crippen LogP contribution in [0, 0.1) is 6.92 Å². The number of nitrogens with zero attached hydrogens (tertiary/aromatic N) is 6. The minimum atomic E-state index is -0.938. The van der Waals surface area contributed by atoms with E-state index < -0.39 is 23.8 Å². The Morgan fingerprint density at radius 2 is 1.79 bits per heavy atom. The maximum absolute atomic E-state index is 13.4. The van der Waals surface area contributed by atoms with Crippen molar-refractivity contribution in [1.82, 2.24) is 29.4 Å². The highest BCUT2D eigenvalue weighted by Crippen LogP contribution is 2.36. The number of rotatable bonds is 7. The molecule has 1 fully saturated rings. The van der Waals surface area contributed by atoms with Crippen LogP contribution in [-0.2, 0) is 17.7 Å². The van der Waals surface area contributed by atoms with Crippen LogP contribution in [0.5, 0.6) is 0 Å². The van der Waals surface area contributed by atoms with Crippen molar-refractivity contribution in [3.63, 3.8) is 0 Å². The summed E-state index contributed by atoms with van der Waals surface area (Å²) in [5.74, 6) is 0.694. The number of aliphatic hydroxyl groups is 1. The van der Waals surface area contributed by atoms with Gasteiger partial charge in [-0.15, -0.1) is 10.2 Å². The Kier molecular flexibility index (Phi) is 8.71. The van der Waals surface area contributed by atoms with Crippen LogP contribution in [0.1, 0.15) is 72.6 Å². The number of amides is 2. The number of fused-ring (bicyclic) bond motifs is 1. The van der Waals surface area contributed by atoms with Gasteiger partial charge in [0.2, 0.25) is 0 Å². The number of hydrogen-bond donors (Lipinski definition) is 1. The molecule has 1 saturated heterocycles. The van der Waals surface area contributed by atoms with E-state index in [0.29, 0.717) is 42.1 Å². The standard InChI is InChI=1S/C32H37ClN6O4/c1-20-35-36-28-15-8-22(19-38(20)28)18-37(5)30(41)23-9-6-21(7-10-23)16-25-12-13-26(39(25)31(42)43-32(2,3)4)29(40)24-11-14-27(33)34-17-24/h6-11,14-15,17,19,25-26,29,40H,12-13,16,18H2,1-5H3/t25-,26+,29+/m0/s1. The Morgan fingerprint density at radius 3 is 2.47 bits per heavy atom. The number of ether oxygens (including phenoxy) is 1. The van der Waals surface area contributed by atoms with E-state index in [0.717, 1.165) is 22.6 Å². The van der Waals surface area contributed by atoms with Gasteiger partial charge in [-0.25, -0.2) is 9.78 Å². The second kappa shape index (κ2) is 12.3. The van der Waals surface area contributed by atoms with E-state index in [1.165, 1.54) is 6.20 Å². The summed E-state index contributed by atoms with van der Waals surface area (Å²) in [4.78, 5) is 34.1. The second-order valence-electron chi connectivity index (χ2n) is 12.1. The van der Waals surface area contributed by atoms with E-state index in [-0.39, 0.29) is 11.9 Å². The predicted molar refractivity (Wildman–Crippen MR) is 163 cm³/mol. The average Bonchev–Trinajstić information content (AvgIpc) is 3.55. The number of benzene rings is 1. The number of carbonyl (C=O) groups excluding carboxylic acids is 2. The van der Waals surface area contributed by atoms with E-state index in [4.69, 9.17) is 16.3 Å². The molecule has 4 aromatic rings. The lowest BCUT2D eigenvalue weighted by Gasteiger charge is -2.34. The SMILES string of the molecule is Cc1nnc2ccc(CN(C)C(=O)c3ccc(C[C@@H]4CC[C@H]([C@H](O)c5ccc(Cl)nc5)N4C(=O)OC(C)(C)C)cc3)cn12. The number of likely N-dealkylation sites (tertiary alicyclic amines) is 1. The van der Waals surface area contributed by atoms with Gasteiger partial charge in [-0.1, -0.05) is 35.9 Å². The van der Waals surface area contributed by atoms with Crippen LogP contribution in [-0.4, -0.2) is 71.2 Å². The first-order valence-electron chi connectivity index (χ1n) is 14.3. The lowest BCUT2D eigenvalue weighted by atomic mass is 10.0. The molecule has 2 amide bonds. The molecule has 0 radical (unpaired) electrons. The summed E-state index contributed by atoms with van der Waals surface area (Å²) >= 11 is 5.94. The zero-order valence-corrected chi connectivity index (χ0v) is 25.8. The summed E-state index contributed by atoms with van der Waals surface area (Å²) in [5.41, 5.74) is 3.20. The summed E-state index contributed by atoms with van der Waals surface area (Å²) in [5, 5.41) is 19.8. The van der Waals surface area contributed by atoms with Gasteiger partial charge in [0.1, 0.15) is 22.7 Å².